The first-order valence-electron chi connectivity index (χ1n) is 7.17. The minimum absolute atomic E-state index is 0.221. The summed E-state index contributed by atoms with van der Waals surface area (Å²) in [5, 5.41) is 18.9. The Bertz CT molecular complexity index is 285. The molecule has 4 unspecified atom stereocenters. The van der Waals surface area contributed by atoms with Crippen LogP contribution in [-0.2, 0) is 4.79 Å². The lowest BCUT2D eigenvalue weighted by Crippen LogP contribution is -2.37. The van der Waals surface area contributed by atoms with Crippen LogP contribution in [0, 0.1) is 23.2 Å². The van der Waals surface area contributed by atoms with E-state index in [9.17, 15) is 15.0 Å². The maximum Gasteiger partial charge on any atom is 0.306 e. The largest absolute Gasteiger partial charge is 0.481 e. The topological polar surface area (TPSA) is 57.5 Å². The number of aliphatic carboxylic acids is 1. The van der Waals surface area contributed by atoms with Crippen LogP contribution in [0.5, 0.6) is 0 Å². The zero-order chi connectivity index (χ0) is 13.9. The van der Waals surface area contributed by atoms with Crippen LogP contribution in [-0.4, -0.2) is 22.3 Å². The fourth-order valence-electron chi connectivity index (χ4n) is 3.30. The Kier molecular flexibility index (Phi) is 5.20. The molecule has 1 saturated carbocycles. The lowest BCUT2D eigenvalue weighted by Gasteiger charge is -2.43. The number of carboxylic acids is 1. The fraction of sp³-hybridized carbons (Fsp3) is 0.933. The van der Waals surface area contributed by atoms with E-state index in [2.05, 4.69) is 20.8 Å². The smallest absolute Gasteiger partial charge is 0.306 e. The summed E-state index contributed by atoms with van der Waals surface area (Å²) >= 11 is 0. The summed E-state index contributed by atoms with van der Waals surface area (Å²) in [7, 11) is 0. The van der Waals surface area contributed by atoms with Crippen LogP contribution in [0.15, 0.2) is 0 Å². The van der Waals surface area contributed by atoms with Gasteiger partial charge in [-0.25, -0.2) is 0 Å². The third kappa shape index (κ3) is 3.71. The zero-order valence-corrected chi connectivity index (χ0v) is 12.1. The number of aliphatic hydroxyl groups excluding tert-OH is 1. The molecular formula is C15H28O3. The summed E-state index contributed by atoms with van der Waals surface area (Å²) in [6.45, 7) is 8.42. The van der Waals surface area contributed by atoms with Gasteiger partial charge >= 0.3 is 5.97 Å². The Morgan fingerprint density at radius 1 is 1.39 bits per heavy atom. The van der Waals surface area contributed by atoms with E-state index >= 15 is 0 Å². The number of hydrogen-bond donors (Lipinski definition) is 2. The Hall–Kier alpha value is -0.570. The minimum atomic E-state index is -0.742. The van der Waals surface area contributed by atoms with E-state index in [-0.39, 0.29) is 17.3 Å². The van der Waals surface area contributed by atoms with Crippen molar-refractivity contribution in [2.75, 3.05) is 0 Å². The molecule has 1 rings (SSSR count). The second kappa shape index (κ2) is 6.05. The van der Waals surface area contributed by atoms with Crippen LogP contribution in [0.25, 0.3) is 0 Å². The highest BCUT2D eigenvalue weighted by Gasteiger charge is 2.40. The predicted octanol–water partition coefficient (Wildman–Crippen LogP) is 3.31. The number of hydrogen-bond acceptors (Lipinski definition) is 2. The summed E-state index contributed by atoms with van der Waals surface area (Å²) in [4.78, 5) is 11.4. The molecule has 106 valence electrons. The molecule has 0 aromatic rings. The number of aliphatic hydroxyl groups is 1. The van der Waals surface area contributed by atoms with Gasteiger partial charge in [0, 0.05) is 0 Å². The molecule has 0 heterocycles. The third-order valence-corrected chi connectivity index (χ3v) is 4.93. The monoisotopic (exact) mass is 256 g/mol. The standard InChI is InChI=1S/C15H28O3/c1-10(2)15(4)7-5-6-12(9-15)13(14(17)18)8-11(3)16/h10-13,16H,5-9H2,1-4H3,(H,17,18). The average molecular weight is 256 g/mol. The third-order valence-electron chi connectivity index (χ3n) is 4.93. The predicted molar refractivity (Wildman–Crippen MR) is 72.3 cm³/mol. The maximum absolute atomic E-state index is 11.4. The van der Waals surface area contributed by atoms with Gasteiger partial charge in [-0.3, -0.25) is 4.79 Å². The molecule has 0 radical (unpaired) electrons. The van der Waals surface area contributed by atoms with Crippen LogP contribution in [0.3, 0.4) is 0 Å². The number of carboxylic acid groups (broad SMARTS) is 1. The summed E-state index contributed by atoms with van der Waals surface area (Å²) in [5.41, 5.74) is 0.259. The first-order chi connectivity index (χ1) is 8.26. The van der Waals surface area contributed by atoms with Crippen molar-refractivity contribution in [3.63, 3.8) is 0 Å². The van der Waals surface area contributed by atoms with Crippen molar-refractivity contribution in [2.45, 2.75) is 65.9 Å². The van der Waals surface area contributed by atoms with E-state index in [1.54, 1.807) is 6.92 Å². The minimum Gasteiger partial charge on any atom is -0.481 e. The first-order valence-corrected chi connectivity index (χ1v) is 7.17. The van der Waals surface area contributed by atoms with Gasteiger partial charge in [0.1, 0.15) is 0 Å². The van der Waals surface area contributed by atoms with Crippen molar-refractivity contribution >= 4 is 5.97 Å². The molecule has 3 heteroatoms. The molecule has 0 amide bonds. The quantitative estimate of drug-likeness (QED) is 0.793. The lowest BCUT2D eigenvalue weighted by molar-refractivity contribution is -0.146. The van der Waals surface area contributed by atoms with Crippen molar-refractivity contribution < 1.29 is 15.0 Å². The Morgan fingerprint density at radius 2 is 2.00 bits per heavy atom. The Labute approximate surface area is 111 Å². The van der Waals surface area contributed by atoms with Gasteiger partial charge in [0.05, 0.1) is 12.0 Å². The first kappa shape index (κ1) is 15.5. The molecule has 0 aliphatic heterocycles. The van der Waals surface area contributed by atoms with Crippen molar-refractivity contribution in [3.05, 3.63) is 0 Å². The van der Waals surface area contributed by atoms with Crippen LogP contribution in [0.1, 0.15) is 59.8 Å². The number of rotatable bonds is 5. The second-order valence-electron chi connectivity index (χ2n) is 6.69. The molecule has 1 aliphatic carbocycles. The highest BCUT2D eigenvalue weighted by atomic mass is 16.4. The van der Waals surface area contributed by atoms with Crippen molar-refractivity contribution in [1.29, 1.82) is 0 Å². The molecule has 0 spiro atoms. The second-order valence-corrected chi connectivity index (χ2v) is 6.69. The van der Waals surface area contributed by atoms with Crippen LogP contribution < -0.4 is 0 Å². The zero-order valence-electron chi connectivity index (χ0n) is 12.1. The Morgan fingerprint density at radius 3 is 2.44 bits per heavy atom. The van der Waals surface area contributed by atoms with Crippen LogP contribution in [0.2, 0.25) is 0 Å². The van der Waals surface area contributed by atoms with E-state index in [1.807, 2.05) is 0 Å². The molecule has 3 nitrogen and oxygen atoms in total. The SMILES string of the molecule is CC(O)CC(C(=O)O)C1CCCC(C)(C(C)C)C1. The van der Waals surface area contributed by atoms with E-state index in [1.165, 1.54) is 6.42 Å². The molecular weight excluding hydrogens is 228 g/mol. The van der Waals surface area contributed by atoms with Crippen molar-refractivity contribution in [3.8, 4) is 0 Å². The van der Waals surface area contributed by atoms with Crippen LogP contribution >= 0.6 is 0 Å². The van der Waals surface area contributed by atoms with Gasteiger partial charge in [0.25, 0.3) is 0 Å². The van der Waals surface area contributed by atoms with E-state index in [4.69, 9.17) is 0 Å². The van der Waals surface area contributed by atoms with Gasteiger partial charge < -0.3 is 10.2 Å². The molecule has 0 aromatic carbocycles. The molecule has 18 heavy (non-hydrogen) atoms. The molecule has 2 N–H and O–H groups in total. The van der Waals surface area contributed by atoms with E-state index in [0.717, 1.165) is 19.3 Å². The Balaban J connectivity index is 2.77. The van der Waals surface area contributed by atoms with Crippen molar-refractivity contribution in [2.24, 2.45) is 23.2 Å². The lowest BCUT2D eigenvalue weighted by atomic mass is 9.62. The van der Waals surface area contributed by atoms with Crippen LogP contribution in [0.4, 0.5) is 0 Å². The van der Waals surface area contributed by atoms with Gasteiger partial charge in [-0.2, -0.15) is 0 Å². The molecule has 0 bridgehead atoms. The normalized spacial score (nSPS) is 32.2. The van der Waals surface area contributed by atoms with E-state index in [0.29, 0.717) is 12.3 Å². The highest BCUT2D eigenvalue weighted by Crippen LogP contribution is 2.47. The summed E-state index contributed by atoms with van der Waals surface area (Å²) < 4.78 is 0. The molecule has 0 saturated heterocycles. The summed E-state index contributed by atoms with van der Waals surface area (Å²) in [6, 6.07) is 0. The molecule has 0 aromatic heterocycles. The van der Waals surface area contributed by atoms with Crippen molar-refractivity contribution in [1.82, 2.24) is 0 Å². The molecule has 1 fully saturated rings. The average Bonchev–Trinajstić information content (AvgIpc) is 2.25. The highest BCUT2D eigenvalue weighted by molar-refractivity contribution is 5.70. The van der Waals surface area contributed by atoms with Gasteiger partial charge in [-0.15, -0.1) is 0 Å². The molecule has 4 atom stereocenters. The van der Waals surface area contributed by atoms with Gasteiger partial charge in [0.15, 0.2) is 0 Å². The fourth-order valence-corrected chi connectivity index (χ4v) is 3.30. The summed E-state index contributed by atoms with van der Waals surface area (Å²) in [5.74, 6) is -0.322. The molecule has 1 aliphatic rings. The maximum atomic E-state index is 11.4. The van der Waals surface area contributed by atoms with Gasteiger partial charge in [-0.1, -0.05) is 27.2 Å². The van der Waals surface area contributed by atoms with Gasteiger partial charge in [-0.05, 0) is 49.9 Å². The number of carbonyl (C=O) groups is 1. The van der Waals surface area contributed by atoms with E-state index < -0.39 is 12.1 Å². The summed E-state index contributed by atoms with van der Waals surface area (Å²) in [6.07, 6.45) is 4.14. The van der Waals surface area contributed by atoms with Gasteiger partial charge in [0.2, 0.25) is 0 Å².